The van der Waals surface area contributed by atoms with E-state index in [9.17, 15) is 4.79 Å². The van der Waals surface area contributed by atoms with Crippen LogP contribution in [-0.4, -0.2) is 48.1 Å². The third-order valence-corrected chi connectivity index (χ3v) is 4.90. The number of carbonyl (C=O) groups is 1. The Bertz CT molecular complexity index is 657. The highest BCUT2D eigenvalue weighted by atomic mass is 16.5. The highest BCUT2D eigenvalue weighted by Crippen LogP contribution is 2.33. The number of hydrogen-bond acceptors (Lipinski definition) is 3. The number of amides is 1. The number of piperidine rings is 1. The Labute approximate surface area is 136 Å². The van der Waals surface area contributed by atoms with Crippen LogP contribution in [0.15, 0.2) is 30.3 Å². The lowest BCUT2D eigenvalue weighted by molar-refractivity contribution is -0.149. The maximum atomic E-state index is 12.9. The summed E-state index contributed by atoms with van der Waals surface area (Å²) in [4.78, 5) is 18.4. The lowest BCUT2D eigenvalue weighted by Gasteiger charge is -2.38. The normalized spacial score (nSPS) is 25.7. The van der Waals surface area contributed by atoms with Gasteiger partial charge in [0.15, 0.2) is 0 Å². The average Bonchev–Trinajstić information content (AvgIpc) is 3.06. The molecule has 2 N–H and O–H groups in total. The number of nitrogens with one attached hydrogen (secondary N) is 2. The van der Waals surface area contributed by atoms with Crippen molar-refractivity contribution in [3.63, 3.8) is 0 Å². The average molecular weight is 313 g/mol. The number of ether oxygens (including phenoxy) is 1. The van der Waals surface area contributed by atoms with E-state index < -0.39 is 0 Å². The van der Waals surface area contributed by atoms with Crippen LogP contribution in [-0.2, 0) is 9.53 Å². The lowest BCUT2D eigenvalue weighted by atomic mass is 9.98. The Morgan fingerprint density at radius 2 is 2.17 bits per heavy atom. The van der Waals surface area contributed by atoms with Crippen LogP contribution in [0, 0.1) is 0 Å². The van der Waals surface area contributed by atoms with Gasteiger partial charge in [0.05, 0.1) is 12.6 Å². The van der Waals surface area contributed by atoms with Crippen molar-refractivity contribution in [1.29, 1.82) is 0 Å². The highest BCUT2D eigenvalue weighted by Gasteiger charge is 2.34. The van der Waals surface area contributed by atoms with E-state index in [0.717, 1.165) is 43.6 Å². The summed E-state index contributed by atoms with van der Waals surface area (Å²) in [5, 5.41) is 4.46. The molecule has 2 aromatic rings. The molecule has 2 saturated heterocycles. The molecule has 2 aliphatic rings. The molecule has 1 amide bonds. The molecule has 0 saturated carbocycles. The molecule has 1 aromatic carbocycles. The van der Waals surface area contributed by atoms with Crippen LogP contribution in [0.4, 0.5) is 0 Å². The van der Waals surface area contributed by atoms with E-state index in [-0.39, 0.29) is 18.1 Å². The van der Waals surface area contributed by atoms with Crippen molar-refractivity contribution in [2.24, 2.45) is 0 Å². The van der Waals surface area contributed by atoms with E-state index in [1.165, 1.54) is 5.39 Å². The number of H-pyrrole nitrogens is 1. The third kappa shape index (κ3) is 2.86. The number of benzene rings is 1. The molecular weight excluding hydrogens is 290 g/mol. The molecule has 1 aromatic heterocycles. The smallest absolute Gasteiger partial charge is 0.253 e. The van der Waals surface area contributed by atoms with Gasteiger partial charge in [-0.25, -0.2) is 0 Å². The van der Waals surface area contributed by atoms with Gasteiger partial charge < -0.3 is 19.9 Å². The molecule has 0 aliphatic carbocycles. The molecular formula is C18H23N3O2. The van der Waals surface area contributed by atoms with Crippen molar-refractivity contribution < 1.29 is 9.53 Å². The number of nitrogens with zero attached hydrogens (tertiary/aromatic N) is 1. The SMILES string of the molecule is O=C(C1CNCCO1)N1CCCCC1c1cc2ccccc2[nH]1. The fourth-order valence-corrected chi connectivity index (χ4v) is 3.70. The van der Waals surface area contributed by atoms with Gasteiger partial charge >= 0.3 is 0 Å². The van der Waals surface area contributed by atoms with Crippen molar-refractivity contribution in [3.05, 3.63) is 36.0 Å². The Balaban J connectivity index is 1.60. The molecule has 0 radical (unpaired) electrons. The Morgan fingerprint density at radius 1 is 1.26 bits per heavy atom. The van der Waals surface area contributed by atoms with Crippen LogP contribution >= 0.6 is 0 Å². The van der Waals surface area contributed by atoms with Gasteiger partial charge in [-0.1, -0.05) is 18.2 Å². The minimum atomic E-state index is -0.339. The van der Waals surface area contributed by atoms with Crippen LogP contribution < -0.4 is 5.32 Å². The molecule has 122 valence electrons. The number of para-hydroxylation sites is 1. The largest absolute Gasteiger partial charge is 0.366 e. The minimum absolute atomic E-state index is 0.126. The summed E-state index contributed by atoms with van der Waals surface area (Å²) in [6, 6.07) is 10.6. The lowest BCUT2D eigenvalue weighted by Crippen LogP contribution is -2.51. The first-order valence-corrected chi connectivity index (χ1v) is 8.53. The van der Waals surface area contributed by atoms with Crippen LogP contribution in [0.3, 0.4) is 0 Å². The topological polar surface area (TPSA) is 57.4 Å². The monoisotopic (exact) mass is 313 g/mol. The van der Waals surface area contributed by atoms with Gasteiger partial charge in [-0.15, -0.1) is 0 Å². The maximum absolute atomic E-state index is 12.9. The predicted octanol–water partition coefficient (Wildman–Crippen LogP) is 2.21. The van der Waals surface area contributed by atoms with E-state index in [2.05, 4.69) is 28.5 Å². The summed E-state index contributed by atoms with van der Waals surface area (Å²) < 4.78 is 5.67. The van der Waals surface area contributed by atoms with Gasteiger partial charge in [0.2, 0.25) is 0 Å². The first-order valence-electron chi connectivity index (χ1n) is 8.53. The maximum Gasteiger partial charge on any atom is 0.253 e. The van der Waals surface area contributed by atoms with Crippen LogP contribution in [0.2, 0.25) is 0 Å². The predicted molar refractivity (Wildman–Crippen MR) is 89.2 cm³/mol. The summed E-state index contributed by atoms with van der Waals surface area (Å²) >= 11 is 0. The summed E-state index contributed by atoms with van der Waals surface area (Å²) in [7, 11) is 0. The van der Waals surface area contributed by atoms with Gasteiger partial charge in [-0.2, -0.15) is 0 Å². The molecule has 2 fully saturated rings. The van der Waals surface area contributed by atoms with Crippen molar-refractivity contribution >= 4 is 16.8 Å². The van der Waals surface area contributed by atoms with E-state index in [0.29, 0.717) is 13.2 Å². The molecule has 2 atom stereocenters. The second-order valence-electron chi connectivity index (χ2n) is 6.42. The number of aromatic amines is 1. The Hall–Kier alpha value is -1.85. The van der Waals surface area contributed by atoms with E-state index in [4.69, 9.17) is 4.74 Å². The molecule has 3 heterocycles. The molecule has 5 nitrogen and oxygen atoms in total. The number of aromatic nitrogens is 1. The van der Waals surface area contributed by atoms with E-state index >= 15 is 0 Å². The second-order valence-corrected chi connectivity index (χ2v) is 6.42. The number of fused-ring (bicyclic) bond motifs is 1. The Morgan fingerprint density at radius 3 is 3.00 bits per heavy atom. The Kier molecular flexibility index (Phi) is 4.06. The first kappa shape index (κ1) is 14.7. The van der Waals surface area contributed by atoms with Gasteiger partial charge in [-0.05, 0) is 36.8 Å². The number of hydrogen-bond donors (Lipinski definition) is 2. The summed E-state index contributed by atoms with van der Waals surface area (Å²) in [5.41, 5.74) is 2.28. The number of carbonyl (C=O) groups excluding carboxylic acids is 1. The number of rotatable bonds is 2. The van der Waals surface area contributed by atoms with Crippen molar-refractivity contribution in [2.45, 2.75) is 31.4 Å². The molecule has 4 rings (SSSR count). The second kappa shape index (κ2) is 6.34. The fraction of sp³-hybridized carbons (Fsp3) is 0.500. The standard InChI is InChI=1S/C18H23N3O2/c22-18(17-12-19-8-10-23-17)21-9-4-3-7-16(21)15-11-13-5-1-2-6-14(13)20-15/h1-2,5-6,11,16-17,19-20H,3-4,7-10,12H2. The van der Waals surface area contributed by atoms with Crippen molar-refractivity contribution in [2.75, 3.05) is 26.2 Å². The molecule has 0 bridgehead atoms. The highest BCUT2D eigenvalue weighted by molar-refractivity contribution is 5.83. The number of morpholine rings is 1. The number of likely N-dealkylation sites (tertiary alicyclic amines) is 1. The molecule has 5 heteroatoms. The molecule has 2 aliphatic heterocycles. The van der Waals surface area contributed by atoms with Crippen LogP contribution in [0.5, 0.6) is 0 Å². The third-order valence-electron chi connectivity index (χ3n) is 4.90. The van der Waals surface area contributed by atoms with Crippen LogP contribution in [0.25, 0.3) is 10.9 Å². The van der Waals surface area contributed by atoms with E-state index in [1.807, 2.05) is 17.0 Å². The summed E-state index contributed by atoms with van der Waals surface area (Å²) in [5.74, 6) is 0.126. The van der Waals surface area contributed by atoms with Crippen molar-refractivity contribution in [1.82, 2.24) is 15.2 Å². The molecule has 2 unspecified atom stereocenters. The zero-order valence-corrected chi connectivity index (χ0v) is 13.3. The van der Waals surface area contributed by atoms with Crippen LogP contribution in [0.1, 0.15) is 31.0 Å². The van der Waals surface area contributed by atoms with Gasteiger partial charge in [0.25, 0.3) is 5.91 Å². The van der Waals surface area contributed by atoms with E-state index in [1.54, 1.807) is 0 Å². The zero-order valence-electron chi connectivity index (χ0n) is 13.3. The van der Waals surface area contributed by atoms with Crippen molar-refractivity contribution in [3.8, 4) is 0 Å². The zero-order chi connectivity index (χ0) is 15.6. The molecule has 23 heavy (non-hydrogen) atoms. The molecule has 0 spiro atoms. The summed E-state index contributed by atoms with van der Waals surface area (Å²) in [6.45, 7) is 2.88. The quantitative estimate of drug-likeness (QED) is 0.894. The van der Waals surface area contributed by atoms with Gasteiger partial charge in [-0.3, -0.25) is 4.79 Å². The first-order chi connectivity index (χ1) is 11.3. The van der Waals surface area contributed by atoms with Gasteiger partial charge in [0, 0.05) is 30.8 Å². The minimum Gasteiger partial charge on any atom is -0.366 e. The summed E-state index contributed by atoms with van der Waals surface area (Å²) in [6.07, 6.45) is 2.91. The fourth-order valence-electron chi connectivity index (χ4n) is 3.70. The van der Waals surface area contributed by atoms with Gasteiger partial charge in [0.1, 0.15) is 6.10 Å².